The maximum Gasteiger partial charge on any atom is 0.416 e. The van der Waals surface area contributed by atoms with Gasteiger partial charge in [-0.2, -0.15) is 39.5 Å². The highest BCUT2D eigenvalue weighted by molar-refractivity contribution is 7.98. The van der Waals surface area contributed by atoms with Crippen molar-refractivity contribution in [2.75, 3.05) is 70.3 Å². The van der Waals surface area contributed by atoms with Crippen LogP contribution < -0.4 is 47.0 Å². The Morgan fingerprint density at radius 1 is 0.359 bits per heavy atom. The summed E-state index contributed by atoms with van der Waals surface area (Å²) in [6, 6.07) is 62.3. The van der Waals surface area contributed by atoms with Gasteiger partial charge < -0.3 is 52.1 Å². The molecule has 15 rings (SSSR count). The third-order valence-corrected chi connectivity index (χ3v) is 23.1. The number of carbonyl (C=O) groups excluding carboxylic acids is 5. The quantitative estimate of drug-likeness (QED) is 0.0128. The molecule has 0 aliphatic carbocycles. The first-order chi connectivity index (χ1) is 61.5. The molecule has 9 aromatic carbocycles. The van der Waals surface area contributed by atoms with Crippen LogP contribution in [-0.2, 0) is 49.8 Å². The van der Waals surface area contributed by atoms with E-state index in [1.54, 1.807) is 78.9 Å². The molecule has 0 unspecified atom stereocenters. The number of piperidine rings is 3. The van der Waals surface area contributed by atoms with E-state index in [0.29, 0.717) is 84.4 Å². The van der Waals surface area contributed by atoms with Crippen LogP contribution in [0, 0.1) is 0 Å². The number of carboxylic acids is 1. The molecule has 0 saturated carbocycles. The van der Waals surface area contributed by atoms with E-state index in [9.17, 15) is 73.4 Å². The molecule has 3 saturated heterocycles. The molecule has 0 radical (unpaired) electrons. The highest BCUT2D eigenvalue weighted by atomic mass is 35.5. The minimum atomic E-state index is -4.49. The highest BCUT2D eigenvalue weighted by Crippen LogP contribution is 2.39. The van der Waals surface area contributed by atoms with Gasteiger partial charge in [0.1, 0.15) is 0 Å². The molecule has 12 aromatic rings. The van der Waals surface area contributed by atoms with E-state index >= 15 is 0 Å². The van der Waals surface area contributed by atoms with Crippen LogP contribution in [0.15, 0.2) is 260 Å². The van der Waals surface area contributed by atoms with Gasteiger partial charge in [-0.3, -0.25) is 38.9 Å². The number of nitrogens with two attached hydrogens (primary N) is 1. The normalized spacial score (nSPS) is 13.5. The van der Waals surface area contributed by atoms with Crippen LogP contribution in [0.25, 0.3) is 33.8 Å². The Bertz CT molecular complexity index is 5980. The lowest BCUT2D eigenvalue weighted by molar-refractivity contribution is -0.138. The molecular formula is C98H90ClF9N12O7S. The number of benzene rings is 9. The molecule has 3 aromatic heterocycles. The molecule has 0 atom stereocenters. The molecule has 6 heterocycles. The van der Waals surface area contributed by atoms with Gasteiger partial charge in [-0.1, -0.05) is 66.7 Å². The molecule has 128 heavy (non-hydrogen) atoms. The number of pyridine rings is 3. The minimum Gasteiger partial charge on any atom is -0.478 e. The number of anilines is 6. The van der Waals surface area contributed by atoms with Crippen molar-refractivity contribution in [3.05, 3.63) is 333 Å². The summed E-state index contributed by atoms with van der Waals surface area (Å²) in [7, 11) is 0. The number of thioether (sulfide) groups is 1. The molecular weight excluding hydrogens is 1700 g/mol. The number of hydrogen-bond acceptors (Lipinski definition) is 14. The summed E-state index contributed by atoms with van der Waals surface area (Å²) < 4.78 is 118. The summed E-state index contributed by atoms with van der Waals surface area (Å²) in [5, 5.41) is 23.4. The van der Waals surface area contributed by atoms with E-state index in [-0.39, 0.29) is 54.0 Å². The van der Waals surface area contributed by atoms with Crippen LogP contribution in [0.4, 0.5) is 73.6 Å². The number of rotatable bonds is 24. The van der Waals surface area contributed by atoms with Crippen molar-refractivity contribution in [2.24, 2.45) is 0 Å². The molecule has 0 spiro atoms. The van der Waals surface area contributed by atoms with Crippen molar-refractivity contribution in [1.82, 2.24) is 30.9 Å². The van der Waals surface area contributed by atoms with Gasteiger partial charge in [0, 0.05) is 161 Å². The van der Waals surface area contributed by atoms with Crippen LogP contribution in [-0.4, -0.2) is 94.8 Å². The number of aromatic carboxylic acids is 1. The molecule has 3 aliphatic rings. The first-order valence-corrected chi connectivity index (χ1v) is 43.1. The van der Waals surface area contributed by atoms with Gasteiger partial charge in [0.15, 0.2) is 0 Å². The van der Waals surface area contributed by atoms with E-state index in [4.69, 9.17) is 17.3 Å². The zero-order valence-electron chi connectivity index (χ0n) is 69.2. The summed E-state index contributed by atoms with van der Waals surface area (Å²) in [5.41, 5.74) is 16.6. The number of hydrogen-bond donors (Lipinski definition) is 7. The van der Waals surface area contributed by atoms with Gasteiger partial charge in [0.05, 0.1) is 50.7 Å². The largest absolute Gasteiger partial charge is 0.478 e. The topological polar surface area (TPSA) is 257 Å². The van der Waals surface area contributed by atoms with Crippen molar-refractivity contribution < 1.29 is 73.4 Å². The van der Waals surface area contributed by atoms with Crippen molar-refractivity contribution in [3.8, 4) is 33.8 Å². The molecule has 3 aliphatic heterocycles. The average molecular weight is 1790 g/mol. The molecule has 30 heteroatoms. The van der Waals surface area contributed by atoms with Gasteiger partial charge in [-0.25, -0.2) is 4.79 Å². The Kier molecular flexibility index (Phi) is 30.7. The summed E-state index contributed by atoms with van der Waals surface area (Å²) >= 11 is 7.43. The lowest BCUT2D eigenvalue weighted by atomic mass is 10.0. The van der Waals surface area contributed by atoms with Gasteiger partial charge in [0.2, 0.25) is 0 Å². The molecule has 0 bridgehead atoms. The second kappa shape index (κ2) is 42.6. The Labute approximate surface area is 742 Å². The van der Waals surface area contributed by atoms with Gasteiger partial charge >= 0.3 is 24.5 Å². The molecule has 19 nitrogen and oxygen atoms in total. The number of carboxylic acid groups (broad SMARTS) is 1. The SMILES string of the molecule is Nc1ccc(N2CCCCC2)cc1-c1cc(C(=O)NCc2cccc(C(F)(F)F)c2)ccn1.O=C(NCc1cccc(C(F)(F)F)c1)c1ccnc(-c2cc(N3CCCCC3)ccc2NC(=O)c2cccc(CCl)c2)c1.O=C(O)c1cccc(SCc2cccc(C(=O)Nc3ccc(N4CCCCC4)cc3-c3cc(C(=O)NCc4cccc(C(F)(F)F)c4)ccn3)c2)c1. The number of nitrogen functional groups attached to an aromatic ring is 1. The highest BCUT2D eigenvalue weighted by Gasteiger charge is 2.33. The third-order valence-electron chi connectivity index (χ3n) is 21.7. The second-order valence-corrected chi connectivity index (χ2v) is 32.2. The fourth-order valence-electron chi connectivity index (χ4n) is 15.0. The van der Waals surface area contributed by atoms with Crippen LogP contribution >= 0.6 is 23.4 Å². The van der Waals surface area contributed by atoms with E-state index in [1.807, 2.05) is 72.8 Å². The fourth-order valence-corrected chi connectivity index (χ4v) is 16.0. The molecule has 3 fully saturated rings. The van der Waals surface area contributed by atoms with Gasteiger partial charge in [-0.15, -0.1) is 23.4 Å². The number of alkyl halides is 10. The Morgan fingerprint density at radius 2 is 0.695 bits per heavy atom. The number of nitrogens with zero attached hydrogens (tertiary/aromatic N) is 6. The van der Waals surface area contributed by atoms with E-state index in [1.165, 1.54) is 91.7 Å². The van der Waals surface area contributed by atoms with Crippen LogP contribution in [0.1, 0.15) is 164 Å². The summed E-state index contributed by atoms with van der Waals surface area (Å²) in [4.78, 5) is 98.3. The Balaban J connectivity index is 0.000000168. The maximum absolute atomic E-state index is 13.7. The Hall–Kier alpha value is -13.5. The fraction of sp³-hybridized carbons (Fsp3) is 0.235. The number of halogens is 10. The Morgan fingerprint density at radius 3 is 1.09 bits per heavy atom. The third kappa shape index (κ3) is 25.2. The van der Waals surface area contributed by atoms with Crippen LogP contribution in [0.2, 0.25) is 0 Å². The first-order valence-electron chi connectivity index (χ1n) is 41.5. The first kappa shape index (κ1) is 92.1. The lowest BCUT2D eigenvalue weighted by Gasteiger charge is -2.29. The van der Waals surface area contributed by atoms with Gasteiger partial charge in [0.25, 0.3) is 29.5 Å². The van der Waals surface area contributed by atoms with E-state index < -0.39 is 58.9 Å². The zero-order chi connectivity index (χ0) is 90.5. The number of carbonyl (C=O) groups is 6. The monoisotopic (exact) mass is 1780 g/mol. The maximum atomic E-state index is 13.7. The predicted octanol–water partition coefficient (Wildman–Crippen LogP) is 21.9. The summed E-state index contributed by atoms with van der Waals surface area (Å²) in [6.45, 7) is 5.41. The van der Waals surface area contributed by atoms with Crippen molar-refractivity contribution in [3.63, 3.8) is 0 Å². The number of aromatic nitrogens is 3. The minimum absolute atomic E-state index is 0.0208. The molecule has 5 amide bonds. The molecule has 8 N–H and O–H groups in total. The number of amides is 5. The number of nitrogens with one attached hydrogen (secondary N) is 5. The second-order valence-electron chi connectivity index (χ2n) is 30.9. The van der Waals surface area contributed by atoms with Gasteiger partial charge in [-0.05, 0) is 255 Å². The summed E-state index contributed by atoms with van der Waals surface area (Å²) in [6.07, 6.45) is 1.30. The van der Waals surface area contributed by atoms with E-state index in [2.05, 4.69) is 56.2 Å². The lowest BCUT2D eigenvalue weighted by Crippen LogP contribution is -2.29. The smallest absolute Gasteiger partial charge is 0.416 e. The van der Waals surface area contributed by atoms with Crippen LogP contribution in [0.3, 0.4) is 0 Å². The van der Waals surface area contributed by atoms with Crippen LogP contribution in [0.5, 0.6) is 0 Å². The van der Waals surface area contributed by atoms with Crippen molar-refractivity contribution in [2.45, 2.75) is 112 Å². The summed E-state index contributed by atoms with van der Waals surface area (Å²) in [5.74, 6) is -2.20. The van der Waals surface area contributed by atoms with E-state index in [0.717, 1.165) is 159 Å². The molecule has 660 valence electrons. The standard InChI is InChI=1S/C40H35F3N4O4S.C33H30ClF3N4O2.C25H25F3N4O/c41-40(42,43)31-11-5-7-26(20-31)24-45-37(48)29-15-16-44-36(22-29)34-23-32(47-17-2-1-3-18-47)13-14-35(34)46-38(49)28-9-4-8-27(19-28)25-52-33-12-6-10-30(21-33)39(50)51;34-20-22-6-4-8-24(16-22)32(43)40-29-11-10-27(41-14-2-1-3-15-41)19-28(29)30-18-25(12-13-38-30)31(42)39-21-23-7-5-9-26(17-23)33(35,36)37;26-25(27,28)19-6-4-5-17(13-19)16-31-24(33)18-9-10-30-23(14-18)21-15-20(7-8-22(21)29)32-11-2-1-3-12-32/h4-16,19-23H,1-3,17-18,24-25H2,(H,45,48)(H,46,49)(H,50,51);4-13,16-19H,1-3,14-15,20-21H2,(H,39,42)(H,40,43);4-10,13-15H,1-3,11-12,16,29H2,(H,31,33). The predicted molar refractivity (Wildman–Crippen MR) is 481 cm³/mol. The zero-order valence-corrected chi connectivity index (χ0v) is 70.8. The van der Waals surface area contributed by atoms with Crippen molar-refractivity contribution in [1.29, 1.82) is 0 Å². The van der Waals surface area contributed by atoms with Crippen molar-refractivity contribution >= 4 is 93.0 Å². The average Bonchev–Trinajstić information content (AvgIpc) is 0.813.